The molecule has 0 aliphatic carbocycles. The number of aromatic nitrogens is 1. The van der Waals surface area contributed by atoms with Gasteiger partial charge < -0.3 is 9.64 Å². The number of hydrogen-bond donors (Lipinski definition) is 0. The Morgan fingerprint density at radius 1 is 1.14 bits per heavy atom. The van der Waals surface area contributed by atoms with E-state index in [4.69, 9.17) is 4.74 Å². The lowest BCUT2D eigenvalue weighted by molar-refractivity contribution is -0.121. The highest BCUT2D eigenvalue weighted by molar-refractivity contribution is 7.09. The molecule has 37 heavy (non-hydrogen) atoms. The maximum atomic E-state index is 13.2. The number of benzene rings is 2. The summed E-state index contributed by atoms with van der Waals surface area (Å²) in [5.41, 5.74) is 3.78. The first kappa shape index (κ1) is 25.5. The van der Waals surface area contributed by atoms with E-state index in [9.17, 15) is 9.59 Å². The van der Waals surface area contributed by atoms with Gasteiger partial charge in [0.1, 0.15) is 16.5 Å². The Bertz CT molecular complexity index is 1260. The van der Waals surface area contributed by atoms with E-state index in [0.29, 0.717) is 23.9 Å². The number of thiazole rings is 1. The monoisotopic (exact) mass is 517 g/mol. The van der Waals surface area contributed by atoms with Gasteiger partial charge in [-0.3, -0.25) is 14.5 Å². The Morgan fingerprint density at radius 3 is 2.62 bits per heavy atom. The van der Waals surface area contributed by atoms with E-state index in [0.717, 1.165) is 49.5 Å². The van der Waals surface area contributed by atoms with Crippen molar-refractivity contribution in [2.24, 2.45) is 5.92 Å². The van der Waals surface area contributed by atoms with Crippen molar-refractivity contribution >= 4 is 28.8 Å². The SMILES string of the molecule is CCC(C)(C)c1ccc2c(c1)N(Cc1nc(C(=O)N3CCC(Cc4ccccc4)CC3)cs1)C(=O)CO2. The third-order valence-electron chi connectivity index (χ3n) is 7.90. The van der Waals surface area contributed by atoms with Crippen LogP contribution in [-0.2, 0) is 23.2 Å². The average Bonchev–Trinajstić information content (AvgIpc) is 3.39. The molecule has 2 aromatic carbocycles. The fourth-order valence-corrected chi connectivity index (χ4v) is 5.82. The van der Waals surface area contributed by atoms with Crippen LogP contribution in [-0.4, -0.2) is 41.4 Å². The van der Waals surface area contributed by atoms with E-state index in [2.05, 4.69) is 62.2 Å². The minimum absolute atomic E-state index is 0.00346. The molecular weight excluding hydrogens is 482 g/mol. The van der Waals surface area contributed by atoms with Crippen LogP contribution in [0.2, 0.25) is 0 Å². The molecule has 0 spiro atoms. The molecule has 3 aromatic rings. The summed E-state index contributed by atoms with van der Waals surface area (Å²) in [4.78, 5) is 34.4. The summed E-state index contributed by atoms with van der Waals surface area (Å²) < 4.78 is 5.70. The van der Waals surface area contributed by atoms with Crippen LogP contribution in [0, 0.1) is 5.92 Å². The van der Waals surface area contributed by atoms with Gasteiger partial charge >= 0.3 is 0 Å². The summed E-state index contributed by atoms with van der Waals surface area (Å²) in [6, 6.07) is 16.7. The van der Waals surface area contributed by atoms with Crippen molar-refractivity contribution in [2.75, 3.05) is 24.6 Å². The molecular formula is C30H35N3O3S. The first-order chi connectivity index (χ1) is 17.8. The maximum Gasteiger partial charge on any atom is 0.273 e. The van der Waals surface area contributed by atoms with Gasteiger partial charge in [0.2, 0.25) is 0 Å². The standard InChI is InChI=1S/C30H35N3O3S/c1-4-30(2,3)23-10-11-26-25(17-23)33(28(34)19-36-26)18-27-31-24(20-37-27)29(35)32-14-12-22(13-15-32)16-21-8-6-5-7-9-21/h5-11,17,20,22H,4,12-16,18-19H2,1-3H3. The summed E-state index contributed by atoms with van der Waals surface area (Å²) in [6.45, 7) is 8.43. The molecule has 0 unspecified atom stereocenters. The van der Waals surface area contributed by atoms with Crippen LogP contribution in [0.3, 0.4) is 0 Å². The van der Waals surface area contributed by atoms with Crippen LogP contribution < -0.4 is 9.64 Å². The number of fused-ring (bicyclic) bond motifs is 1. The van der Waals surface area contributed by atoms with Gasteiger partial charge in [-0.15, -0.1) is 11.3 Å². The van der Waals surface area contributed by atoms with Crippen LogP contribution in [0.1, 0.15) is 66.7 Å². The van der Waals surface area contributed by atoms with Gasteiger partial charge in [0.25, 0.3) is 11.8 Å². The van der Waals surface area contributed by atoms with Gasteiger partial charge in [-0.2, -0.15) is 0 Å². The van der Waals surface area contributed by atoms with Crippen LogP contribution in [0.4, 0.5) is 5.69 Å². The van der Waals surface area contributed by atoms with Crippen molar-refractivity contribution in [1.82, 2.24) is 9.88 Å². The number of ether oxygens (including phenoxy) is 1. The number of likely N-dealkylation sites (tertiary alicyclic amines) is 1. The summed E-state index contributed by atoms with van der Waals surface area (Å²) in [7, 11) is 0. The Kier molecular flexibility index (Phi) is 7.33. The molecule has 6 nitrogen and oxygen atoms in total. The van der Waals surface area contributed by atoms with Crippen LogP contribution >= 0.6 is 11.3 Å². The fourth-order valence-electron chi connectivity index (χ4n) is 5.07. The molecule has 0 N–H and O–H groups in total. The number of nitrogens with zero attached hydrogens (tertiary/aromatic N) is 3. The number of hydrogen-bond acceptors (Lipinski definition) is 5. The normalized spacial score (nSPS) is 16.5. The second-order valence-electron chi connectivity index (χ2n) is 10.7. The highest BCUT2D eigenvalue weighted by Gasteiger charge is 2.30. The maximum absolute atomic E-state index is 13.2. The quantitative estimate of drug-likeness (QED) is 0.394. The average molecular weight is 518 g/mol. The zero-order chi connectivity index (χ0) is 26.0. The lowest BCUT2D eigenvalue weighted by Crippen LogP contribution is -2.39. The van der Waals surface area contributed by atoms with E-state index in [-0.39, 0.29) is 23.8 Å². The van der Waals surface area contributed by atoms with Crippen LogP contribution in [0.5, 0.6) is 5.75 Å². The summed E-state index contributed by atoms with van der Waals surface area (Å²) in [6.07, 6.45) is 4.07. The fraction of sp³-hybridized carbons (Fsp3) is 0.433. The third-order valence-corrected chi connectivity index (χ3v) is 8.73. The number of piperidine rings is 1. The second-order valence-corrected chi connectivity index (χ2v) is 11.7. The molecule has 5 rings (SSSR count). The lowest BCUT2D eigenvalue weighted by atomic mass is 9.82. The van der Waals surface area contributed by atoms with Crippen molar-refractivity contribution in [3.63, 3.8) is 0 Å². The molecule has 1 fully saturated rings. The lowest BCUT2D eigenvalue weighted by Gasteiger charge is -2.32. The molecule has 1 saturated heterocycles. The number of carbonyl (C=O) groups is 2. The number of carbonyl (C=O) groups excluding carboxylic acids is 2. The Labute approximate surface area is 223 Å². The smallest absolute Gasteiger partial charge is 0.273 e. The molecule has 2 amide bonds. The molecule has 0 bridgehead atoms. The van der Waals surface area contributed by atoms with Gasteiger partial charge in [-0.25, -0.2) is 4.98 Å². The van der Waals surface area contributed by atoms with E-state index < -0.39 is 0 Å². The zero-order valence-electron chi connectivity index (χ0n) is 21.9. The minimum Gasteiger partial charge on any atom is -0.482 e. The van der Waals surface area contributed by atoms with E-state index in [1.54, 1.807) is 4.90 Å². The van der Waals surface area contributed by atoms with E-state index >= 15 is 0 Å². The van der Waals surface area contributed by atoms with Crippen LogP contribution in [0.15, 0.2) is 53.9 Å². The number of anilines is 1. The second kappa shape index (κ2) is 10.7. The molecule has 1 aromatic heterocycles. The summed E-state index contributed by atoms with van der Waals surface area (Å²) >= 11 is 1.44. The van der Waals surface area contributed by atoms with Crippen molar-refractivity contribution in [1.29, 1.82) is 0 Å². The van der Waals surface area contributed by atoms with Gasteiger partial charge in [0, 0.05) is 18.5 Å². The zero-order valence-corrected chi connectivity index (χ0v) is 22.7. The summed E-state index contributed by atoms with van der Waals surface area (Å²) in [5.74, 6) is 1.21. The molecule has 0 radical (unpaired) electrons. The van der Waals surface area contributed by atoms with Gasteiger partial charge in [-0.1, -0.05) is 57.2 Å². The van der Waals surface area contributed by atoms with Gasteiger partial charge in [0.15, 0.2) is 6.61 Å². The Morgan fingerprint density at radius 2 is 1.89 bits per heavy atom. The molecule has 194 valence electrons. The first-order valence-corrected chi connectivity index (χ1v) is 14.1. The Balaban J connectivity index is 1.24. The predicted molar refractivity (Wildman–Crippen MR) is 147 cm³/mol. The highest BCUT2D eigenvalue weighted by atomic mass is 32.1. The van der Waals surface area contributed by atoms with Crippen molar-refractivity contribution in [3.05, 3.63) is 75.7 Å². The molecule has 3 heterocycles. The number of rotatable bonds is 7. The molecule has 0 atom stereocenters. The third kappa shape index (κ3) is 5.57. The highest BCUT2D eigenvalue weighted by Crippen LogP contribution is 2.38. The molecule has 0 saturated carbocycles. The Hall–Kier alpha value is -3.19. The first-order valence-electron chi connectivity index (χ1n) is 13.2. The van der Waals surface area contributed by atoms with Crippen molar-refractivity contribution in [3.8, 4) is 5.75 Å². The van der Waals surface area contributed by atoms with Crippen molar-refractivity contribution < 1.29 is 14.3 Å². The van der Waals surface area contributed by atoms with Crippen LogP contribution in [0.25, 0.3) is 0 Å². The van der Waals surface area contributed by atoms with Crippen molar-refractivity contribution in [2.45, 2.75) is 58.4 Å². The minimum atomic E-state index is -0.0949. The van der Waals surface area contributed by atoms with E-state index in [1.165, 1.54) is 22.5 Å². The number of amides is 2. The van der Waals surface area contributed by atoms with Gasteiger partial charge in [0.05, 0.1) is 12.2 Å². The topological polar surface area (TPSA) is 62.7 Å². The molecule has 2 aliphatic heterocycles. The molecule has 2 aliphatic rings. The largest absolute Gasteiger partial charge is 0.482 e. The van der Waals surface area contributed by atoms with Gasteiger partial charge in [-0.05, 0) is 60.3 Å². The molecule has 7 heteroatoms. The van der Waals surface area contributed by atoms with E-state index in [1.807, 2.05) is 22.4 Å². The summed E-state index contributed by atoms with van der Waals surface area (Å²) in [5, 5.41) is 2.58. The predicted octanol–water partition coefficient (Wildman–Crippen LogP) is 5.85.